The van der Waals surface area contributed by atoms with Crippen molar-refractivity contribution < 1.29 is 18.3 Å². The molecule has 21 heavy (non-hydrogen) atoms. The van der Waals surface area contributed by atoms with Crippen LogP contribution in [0.15, 0.2) is 22.7 Å². The molecule has 1 aromatic carbocycles. The predicted octanol–water partition coefficient (Wildman–Crippen LogP) is 2.58. The first kappa shape index (κ1) is 18.7. The quantitative estimate of drug-likeness (QED) is 0.831. The molecule has 0 spiro atoms. The molecule has 1 aromatic rings. The Bertz CT molecular complexity index is 473. The molecular weight excluding hydrogens is 373 g/mol. The molecule has 0 unspecified atom stereocenters. The smallest absolute Gasteiger partial charge is 0.289 e. The fourth-order valence-electron chi connectivity index (χ4n) is 2.44. The highest BCUT2D eigenvalue weighted by Crippen LogP contribution is 2.39. The van der Waals surface area contributed by atoms with Crippen molar-refractivity contribution in [1.82, 2.24) is 10.2 Å². The average Bonchev–Trinajstić information content (AvgIpc) is 2.44. The van der Waals surface area contributed by atoms with Gasteiger partial charge in [0.1, 0.15) is 18.5 Å². The van der Waals surface area contributed by atoms with Crippen LogP contribution >= 0.6 is 28.3 Å². The van der Waals surface area contributed by atoms with Gasteiger partial charge in [-0.2, -0.15) is 0 Å². The van der Waals surface area contributed by atoms with Crippen LogP contribution in [-0.2, 0) is 0 Å². The van der Waals surface area contributed by atoms with Gasteiger partial charge in [0.25, 0.3) is 5.92 Å². The largest absolute Gasteiger partial charge is 0.390 e. The fourth-order valence-corrected chi connectivity index (χ4v) is 2.91. The maximum atomic E-state index is 14.1. The number of alkyl halides is 2. The number of hydrogen-bond donors (Lipinski definition) is 2. The lowest BCUT2D eigenvalue weighted by Crippen LogP contribution is -2.51. The summed E-state index contributed by atoms with van der Waals surface area (Å²) in [6, 6.07) is 2.37. The summed E-state index contributed by atoms with van der Waals surface area (Å²) in [6.45, 7) is 0.743. The van der Waals surface area contributed by atoms with Crippen LogP contribution in [0, 0.1) is 5.82 Å². The third-order valence-corrected chi connectivity index (χ3v) is 4.10. The summed E-state index contributed by atoms with van der Waals surface area (Å²) in [6.07, 6.45) is 0. The number of nitrogens with one attached hydrogen (secondary N) is 1. The van der Waals surface area contributed by atoms with Crippen molar-refractivity contribution in [2.24, 2.45) is 0 Å². The van der Waals surface area contributed by atoms with Gasteiger partial charge in [-0.3, -0.25) is 4.90 Å². The van der Waals surface area contributed by atoms with Crippen molar-refractivity contribution in [3.05, 3.63) is 34.1 Å². The van der Waals surface area contributed by atoms with E-state index in [0.717, 1.165) is 6.07 Å². The van der Waals surface area contributed by atoms with E-state index in [1.165, 1.54) is 12.1 Å². The van der Waals surface area contributed by atoms with Crippen LogP contribution in [-0.4, -0.2) is 48.7 Å². The third kappa shape index (κ3) is 4.32. The normalized spacial score (nSPS) is 18.1. The van der Waals surface area contributed by atoms with E-state index in [4.69, 9.17) is 5.11 Å². The van der Waals surface area contributed by atoms with E-state index in [0.29, 0.717) is 30.7 Å². The number of aliphatic hydroxyl groups excluding tert-OH is 1. The van der Waals surface area contributed by atoms with Gasteiger partial charge in [-0.25, -0.2) is 13.2 Å². The van der Waals surface area contributed by atoms with Gasteiger partial charge in [0.2, 0.25) is 0 Å². The molecule has 0 aromatic heterocycles. The van der Waals surface area contributed by atoms with Gasteiger partial charge in [-0.15, -0.1) is 12.4 Å². The van der Waals surface area contributed by atoms with Gasteiger partial charge in [0, 0.05) is 30.7 Å². The first-order chi connectivity index (χ1) is 9.45. The molecule has 120 valence electrons. The summed E-state index contributed by atoms with van der Waals surface area (Å²) in [7, 11) is 0. The predicted molar refractivity (Wildman–Crippen MR) is 80.6 cm³/mol. The van der Waals surface area contributed by atoms with Crippen LogP contribution in [0.4, 0.5) is 13.2 Å². The van der Waals surface area contributed by atoms with Crippen molar-refractivity contribution in [2.45, 2.75) is 12.0 Å². The summed E-state index contributed by atoms with van der Waals surface area (Å²) in [5.41, 5.74) is 0.158. The molecule has 2 rings (SSSR count). The Morgan fingerprint density at radius 3 is 2.52 bits per heavy atom. The second-order valence-electron chi connectivity index (χ2n) is 4.77. The van der Waals surface area contributed by atoms with Gasteiger partial charge in [-0.05, 0) is 23.8 Å². The van der Waals surface area contributed by atoms with Crippen LogP contribution in [0.1, 0.15) is 11.6 Å². The van der Waals surface area contributed by atoms with E-state index < -0.39 is 24.4 Å². The highest BCUT2D eigenvalue weighted by Gasteiger charge is 2.44. The monoisotopic (exact) mass is 388 g/mol. The van der Waals surface area contributed by atoms with Crippen molar-refractivity contribution in [3.63, 3.8) is 0 Å². The van der Waals surface area contributed by atoms with Crippen LogP contribution in [0.3, 0.4) is 0 Å². The molecular formula is C13H17BrClF3N2O. The lowest BCUT2D eigenvalue weighted by molar-refractivity contribution is -0.118. The van der Waals surface area contributed by atoms with Crippen LogP contribution in [0.2, 0.25) is 0 Å². The fraction of sp³-hybridized carbons (Fsp3) is 0.538. The van der Waals surface area contributed by atoms with E-state index in [-0.39, 0.29) is 18.0 Å². The number of nitrogens with zero attached hydrogens (tertiary/aromatic N) is 1. The van der Waals surface area contributed by atoms with Gasteiger partial charge in [0.15, 0.2) is 0 Å². The Hall–Kier alpha value is -0.340. The SMILES string of the molecule is Cl.OCC(F)(F)[C@@H](c1cc(F)ccc1Br)N1CCNCC1. The van der Waals surface area contributed by atoms with E-state index in [2.05, 4.69) is 21.2 Å². The molecule has 1 atom stereocenters. The molecule has 1 aliphatic heterocycles. The molecule has 1 saturated heterocycles. The van der Waals surface area contributed by atoms with Crippen LogP contribution in [0.5, 0.6) is 0 Å². The molecule has 1 aliphatic rings. The maximum absolute atomic E-state index is 14.1. The first-order valence-electron chi connectivity index (χ1n) is 6.34. The van der Waals surface area contributed by atoms with Crippen molar-refractivity contribution >= 4 is 28.3 Å². The van der Waals surface area contributed by atoms with Crippen molar-refractivity contribution in [3.8, 4) is 0 Å². The minimum absolute atomic E-state index is 0. The Balaban J connectivity index is 0.00000220. The second kappa shape index (κ2) is 7.78. The molecule has 1 heterocycles. The Morgan fingerprint density at radius 2 is 1.95 bits per heavy atom. The Morgan fingerprint density at radius 1 is 1.33 bits per heavy atom. The van der Waals surface area contributed by atoms with Crippen molar-refractivity contribution in [1.29, 1.82) is 0 Å². The number of hydrogen-bond acceptors (Lipinski definition) is 3. The summed E-state index contributed by atoms with van der Waals surface area (Å²) < 4.78 is 42.1. The molecule has 0 saturated carbocycles. The molecule has 0 aliphatic carbocycles. The molecule has 1 fully saturated rings. The van der Waals surface area contributed by atoms with Gasteiger partial charge in [0.05, 0.1) is 0 Å². The number of aliphatic hydroxyl groups is 1. The summed E-state index contributed by atoms with van der Waals surface area (Å²) in [5, 5.41) is 12.1. The minimum atomic E-state index is -3.34. The zero-order valence-electron chi connectivity index (χ0n) is 11.2. The van der Waals surface area contributed by atoms with E-state index >= 15 is 0 Å². The van der Waals surface area contributed by atoms with E-state index in [1.807, 2.05) is 0 Å². The summed E-state index contributed by atoms with van der Waals surface area (Å²) in [5.74, 6) is -3.91. The molecule has 0 radical (unpaired) electrons. The van der Waals surface area contributed by atoms with Crippen LogP contribution < -0.4 is 5.32 Å². The molecule has 0 bridgehead atoms. The second-order valence-corrected chi connectivity index (χ2v) is 5.63. The lowest BCUT2D eigenvalue weighted by Gasteiger charge is -2.39. The van der Waals surface area contributed by atoms with Gasteiger partial charge in [-0.1, -0.05) is 15.9 Å². The van der Waals surface area contributed by atoms with Gasteiger partial charge < -0.3 is 10.4 Å². The van der Waals surface area contributed by atoms with Gasteiger partial charge >= 0.3 is 0 Å². The lowest BCUT2D eigenvalue weighted by atomic mass is 9.98. The molecule has 2 N–H and O–H groups in total. The maximum Gasteiger partial charge on any atom is 0.289 e. The Kier molecular flexibility index (Phi) is 6.93. The first-order valence-corrected chi connectivity index (χ1v) is 7.13. The third-order valence-electron chi connectivity index (χ3n) is 3.38. The highest BCUT2D eigenvalue weighted by molar-refractivity contribution is 9.10. The van der Waals surface area contributed by atoms with E-state index in [1.54, 1.807) is 4.90 Å². The van der Waals surface area contributed by atoms with E-state index in [9.17, 15) is 13.2 Å². The average molecular weight is 390 g/mol. The van der Waals surface area contributed by atoms with Crippen molar-refractivity contribution in [2.75, 3.05) is 32.8 Å². The number of halogens is 5. The standard InChI is InChI=1S/C13H16BrF3N2O.ClH/c14-11-2-1-9(15)7-10(11)12(13(16,17)8-20)19-5-3-18-4-6-19;/h1-2,7,12,18,20H,3-6,8H2;1H/t12-;/m1./s1. The minimum Gasteiger partial charge on any atom is -0.390 e. The zero-order chi connectivity index (χ0) is 14.8. The molecule has 0 amide bonds. The molecule has 8 heteroatoms. The number of benzene rings is 1. The van der Waals surface area contributed by atoms with Crippen LogP contribution in [0.25, 0.3) is 0 Å². The zero-order valence-corrected chi connectivity index (χ0v) is 13.6. The molecule has 3 nitrogen and oxygen atoms in total. The Labute approximate surface area is 136 Å². The number of piperazine rings is 1. The topological polar surface area (TPSA) is 35.5 Å². The number of rotatable bonds is 4. The summed E-state index contributed by atoms with van der Waals surface area (Å²) in [4.78, 5) is 1.58. The summed E-state index contributed by atoms with van der Waals surface area (Å²) >= 11 is 3.20. The highest BCUT2D eigenvalue weighted by atomic mass is 79.9.